The highest BCUT2D eigenvalue weighted by Gasteiger charge is 2.05. The van der Waals surface area contributed by atoms with Crippen LogP contribution in [0.15, 0.2) is 36.0 Å². The molecule has 0 saturated heterocycles. The van der Waals surface area contributed by atoms with Crippen LogP contribution >= 0.6 is 11.8 Å². The zero-order valence-electron chi connectivity index (χ0n) is 11.3. The second kappa shape index (κ2) is 6.35. The van der Waals surface area contributed by atoms with E-state index in [9.17, 15) is 0 Å². The van der Waals surface area contributed by atoms with E-state index in [-0.39, 0.29) is 0 Å². The average molecular weight is 303 g/mol. The molecule has 0 fully saturated rings. The summed E-state index contributed by atoms with van der Waals surface area (Å²) in [6.07, 6.45) is 5.10. The van der Waals surface area contributed by atoms with Gasteiger partial charge in [-0.3, -0.25) is 9.78 Å². The molecule has 0 aliphatic heterocycles. The zero-order chi connectivity index (χ0) is 14.5. The molecule has 0 spiro atoms. The maximum Gasteiger partial charge on any atom is 0.212 e. The number of pyridine rings is 1. The highest BCUT2D eigenvalue weighted by atomic mass is 32.2. The summed E-state index contributed by atoms with van der Waals surface area (Å²) in [5.41, 5.74) is 1.69. The van der Waals surface area contributed by atoms with Gasteiger partial charge in [0.25, 0.3) is 0 Å². The lowest BCUT2D eigenvalue weighted by Gasteiger charge is -1.99. The van der Waals surface area contributed by atoms with Crippen LogP contribution in [0.1, 0.15) is 0 Å². The lowest BCUT2D eigenvalue weighted by Crippen LogP contribution is -2.01. The fourth-order valence-electron chi connectivity index (χ4n) is 1.69. The molecule has 0 unspecified atom stereocenters. The molecule has 0 bridgehead atoms. The number of rotatable bonds is 6. The van der Waals surface area contributed by atoms with Crippen molar-refractivity contribution in [3.63, 3.8) is 0 Å². The van der Waals surface area contributed by atoms with Crippen LogP contribution in [0.4, 0.5) is 0 Å². The summed E-state index contributed by atoms with van der Waals surface area (Å²) in [6, 6.07) is 3.71. The van der Waals surface area contributed by atoms with Crippen molar-refractivity contribution in [2.24, 2.45) is 0 Å². The van der Waals surface area contributed by atoms with Crippen molar-refractivity contribution < 1.29 is 4.74 Å². The summed E-state index contributed by atoms with van der Waals surface area (Å²) in [6.45, 7) is 0.738. The Hall–Kier alpha value is -2.42. The van der Waals surface area contributed by atoms with Gasteiger partial charge in [0.1, 0.15) is 12.0 Å². The largest absolute Gasteiger partial charge is 0.481 e. The van der Waals surface area contributed by atoms with Crippen LogP contribution in [0.25, 0.3) is 11.3 Å². The van der Waals surface area contributed by atoms with Gasteiger partial charge < -0.3 is 4.74 Å². The van der Waals surface area contributed by atoms with E-state index in [4.69, 9.17) is 4.74 Å². The van der Waals surface area contributed by atoms with Gasteiger partial charge in [-0.05, 0) is 6.07 Å². The third-order valence-corrected chi connectivity index (χ3v) is 3.59. The van der Waals surface area contributed by atoms with Crippen LogP contribution in [0.3, 0.4) is 0 Å². The van der Waals surface area contributed by atoms with Crippen LogP contribution < -0.4 is 4.74 Å². The van der Waals surface area contributed by atoms with E-state index in [1.807, 2.05) is 12.3 Å². The summed E-state index contributed by atoms with van der Waals surface area (Å²) >= 11 is 1.59. The Morgan fingerprint density at radius 2 is 2.29 bits per heavy atom. The van der Waals surface area contributed by atoms with E-state index < -0.39 is 0 Å². The van der Waals surface area contributed by atoms with E-state index in [2.05, 4.69) is 30.5 Å². The fraction of sp³-hybridized carbons (Fsp3) is 0.250. The van der Waals surface area contributed by atoms with Crippen LogP contribution in [-0.2, 0) is 6.54 Å². The number of hydrogen-bond acceptors (Lipinski definition) is 7. The van der Waals surface area contributed by atoms with Crippen molar-refractivity contribution in [2.75, 3.05) is 12.9 Å². The first kappa shape index (κ1) is 13.6. The van der Waals surface area contributed by atoms with Crippen molar-refractivity contribution in [1.29, 1.82) is 0 Å². The summed E-state index contributed by atoms with van der Waals surface area (Å²) < 4.78 is 6.82. The third kappa shape index (κ3) is 3.37. The van der Waals surface area contributed by atoms with Gasteiger partial charge in [-0.2, -0.15) is 5.10 Å². The van der Waals surface area contributed by atoms with Gasteiger partial charge in [0.15, 0.2) is 5.16 Å². The van der Waals surface area contributed by atoms with Crippen LogP contribution in [0.2, 0.25) is 0 Å². The number of H-pyrrole nitrogens is 1. The summed E-state index contributed by atoms with van der Waals surface area (Å²) in [5.74, 6) is 1.41. The van der Waals surface area contributed by atoms with Gasteiger partial charge >= 0.3 is 0 Å². The molecular formula is C12H13N7OS. The molecule has 0 amide bonds. The second-order valence-electron chi connectivity index (χ2n) is 4.10. The molecule has 0 saturated carbocycles. The lowest BCUT2D eigenvalue weighted by molar-refractivity contribution is 0.398. The molecule has 21 heavy (non-hydrogen) atoms. The maximum absolute atomic E-state index is 5.03. The number of ether oxygens (including phenoxy) is 1. The predicted molar refractivity (Wildman–Crippen MR) is 76.9 cm³/mol. The molecule has 9 heteroatoms. The van der Waals surface area contributed by atoms with Crippen molar-refractivity contribution >= 4 is 11.8 Å². The topological polar surface area (TPSA) is 94.4 Å². The first-order chi connectivity index (χ1) is 10.3. The van der Waals surface area contributed by atoms with Crippen LogP contribution in [0.5, 0.6) is 5.88 Å². The molecule has 3 aromatic rings. The Balaban J connectivity index is 1.60. The third-order valence-electron chi connectivity index (χ3n) is 2.73. The minimum absolute atomic E-state index is 0.578. The molecule has 8 nitrogen and oxygen atoms in total. The summed E-state index contributed by atoms with van der Waals surface area (Å²) in [5, 5.41) is 15.6. The van der Waals surface area contributed by atoms with Crippen molar-refractivity contribution in [2.45, 2.75) is 11.7 Å². The SMILES string of the molecule is COc1ccc(-c2cn(CCSc3ncn[nH]3)nn2)cn1. The molecule has 0 radical (unpaired) electrons. The number of aromatic nitrogens is 7. The quantitative estimate of drug-likeness (QED) is 0.685. The van der Waals surface area contributed by atoms with Gasteiger partial charge in [0.05, 0.1) is 19.9 Å². The number of nitrogens with one attached hydrogen (secondary N) is 1. The summed E-state index contributed by atoms with van der Waals surface area (Å²) in [4.78, 5) is 8.20. The normalized spacial score (nSPS) is 10.7. The van der Waals surface area contributed by atoms with E-state index in [1.165, 1.54) is 6.33 Å². The van der Waals surface area contributed by atoms with Gasteiger partial charge in [0, 0.05) is 23.6 Å². The van der Waals surface area contributed by atoms with Crippen LogP contribution in [-0.4, -0.2) is 48.0 Å². The highest BCUT2D eigenvalue weighted by Crippen LogP contribution is 2.18. The Kier molecular flexibility index (Phi) is 4.10. The van der Waals surface area contributed by atoms with E-state index in [0.717, 1.165) is 28.7 Å². The number of thioether (sulfide) groups is 1. The Bertz CT molecular complexity index is 680. The highest BCUT2D eigenvalue weighted by molar-refractivity contribution is 7.99. The molecule has 3 rings (SSSR count). The lowest BCUT2D eigenvalue weighted by atomic mass is 10.2. The first-order valence-electron chi connectivity index (χ1n) is 6.24. The molecule has 0 atom stereocenters. The predicted octanol–water partition coefficient (Wildman–Crippen LogP) is 1.26. The second-order valence-corrected chi connectivity index (χ2v) is 5.18. The number of aryl methyl sites for hydroxylation is 1. The van der Waals surface area contributed by atoms with E-state index in [1.54, 1.807) is 35.8 Å². The number of methoxy groups -OCH3 is 1. The number of nitrogens with zero attached hydrogens (tertiary/aromatic N) is 6. The minimum atomic E-state index is 0.578. The van der Waals surface area contributed by atoms with Gasteiger partial charge in [0.2, 0.25) is 5.88 Å². The molecule has 0 aromatic carbocycles. The molecule has 0 aliphatic rings. The molecule has 1 N–H and O–H groups in total. The Labute approximate surface area is 125 Å². The smallest absolute Gasteiger partial charge is 0.212 e. The standard InChI is InChI=1S/C12H13N7OS/c1-20-11-3-2-9(6-13-11)10-7-19(18-16-10)4-5-21-12-14-8-15-17-12/h2-3,6-8H,4-5H2,1H3,(H,14,15,17). The van der Waals surface area contributed by atoms with Crippen LogP contribution in [0, 0.1) is 0 Å². The molecule has 108 valence electrons. The Morgan fingerprint density at radius 1 is 1.33 bits per heavy atom. The van der Waals surface area contributed by atoms with Crippen molar-refractivity contribution in [1.82, 2.24) is 35.2 Å². The maximum atomic E-state index is 5.03. The van der Waals surface area contributed by atoms with Gasteiger partial charge in [-0.1, -0.05) is 17.0 Å². The van der Waals surface area contributed by atoms with Gasteiger partial charge in [-0.25, -0.2) is 9.97 Å². The molecular weight excluding hydrogens is 290 g/mol. The van der Waals surface area contributed by atoms with Gasteiger partial charge in [-0.15, -0.1) is 5.10 Å². The monoisotopic (exact) mass is 303 g/mol. The molecule has 3 heterocycles. The first-order valence-corrected chi connectivity index (χ1v) is 7.22. The number of aromatic amines is 1. The fourth-order valence-corrected chi connectivity index (χ4v) is 2.40. The van der Waals surface area contributed by atoms with E-state index in [0.29, 0.717) is 5.88 Å². The number of hydrogen-bond donors (Lipinski definition) is 1. The Morgan fingerprint density at radius 3 is 3.00 bits per heavy atom. The molecule has 0 aliphatic carbocycles. The van der Waals surface area contributed by atoms with E-state index >= 15 is 0 Å². The average Bonchev–Trinajstić information content (AvgIpc) is 3.19. The van der Waals surface area contributed by atoms with Crippen molar-refractivity contribution in [3.8, 4) is 17.1 Å². The minimum Gasteiger partial charge on any atom is -0.481 e. The molecule has 3 aromatic heterocycles. The zero-order valence-corrected chi connectivity index (χ0v) is 12.1. The summed E-state index contributed by atoms with van der Waals surface area (Å²) in [7, 11) is 1.59. The van der Waals surface area contributed by atoms with Crippen molar-refractivity contribution in [3.05, 3.63) is 30.9 Å².